The van der Waals surface area contributed by atoms with E-state index in [0.717, 1.165) is 12.0 Å². The molecule has 0 aromatic heterocycles. The van der Waals surface area contributed by atoms with Crippen LogP contribution in [0.4, 0.5) is 0 Å². The summed E-state index contributed by atoms with van der Waals surface area (Å²) in [7, 11) is 0. The van der Waals surface area contributed by atoms with Crippen LogP contribution in [0.15, 0.2) is 24.3 Å². The molecule has 3 N–H and O–H groups in total. The summed E-state index contributed by atoms with van der Waals surface area (Å²) >= 11 is 5.80. The van der Waals surface area contributed by atoms with Crippen LogP contribution in [0.1, 0.15) is 18.4 Å². The number of hydrogen-bond acceptors (Lipinski definition) is 4. The lowest BCUT2D eigenvalue weighted by atomic mass is 10.1. The zero-order chi connectivity index (χ0) is 15.1. The topological polar surface area (TPSA) is 70.6 Å². The molecule has 1 fully saturated rings. The van der Waals surface area contributed by atoms with Crippen molar-refractivity contribution in [1.29, 1.82) is 0 Å². The number of rotatable bonds is 7. The number of carbonyl (C=O) groups is 1. The monoisotopic (exact) mass is 312 g/mol. The van der Waals surface area contributed by atoms with E-state index in [2.05, 4.69) is 10.6 Å². The molecule has 0 bridgehead atoms. The van der Waals surface area contributed by atoms with Gasteiger partial charge in [0, 0.05) is 30.6 Å². The van der Waals surface area contributed by atoms with Gasteiger partial charge in [0.25, 0.3) is 0 Å². The highest BCUT2D eigenvalue weighted by Crippen LogP contribution is 2.10. The second-order valence-corrected chi connectivity index (χ2v) is 5.68. The zero-order valence-corrected chi connectivity index (χ0v) is 12.6. The van der Waals surface area contributed by atoms with Gasteiger partial charge in [0.05, 0.1) is 19.3 Å². The van der Waals surface area contributed by atoms with Crippen LogP contribution in [-0.2, 0) is 16.1 Å². The average molecular weight is 313 g/mol. The predicted octanol–water partition coefficient (Wildman–Crippen LogP) is 1.09. The van der Waals surface area contributed by atoms with E-state index in [0.29, 0.717) is 31.1 Å². The molecule has 1 aliphatic heterocycles. The largest absolute Gasteiger partial charge is 0.389 e. The van der Waals surface area contributed by atoms with Gasteiger partial charge in [-0.2, -0.15) is 0 Å². The van der Waals surface area contributed by atoms with E-state index in [1.807, 2.05) is 24.3 Å². The molecular formula is C15H21ClN2O3. The molecule has 6 heteroatoms. The Labute approximate surface area is 129 Å². The molecule has 1 heterocycles. The van der Waals surface area contributed by atoms with E-state index < -0.39 is 6.10 Å². The molecule has 5 nitrogen and oxygen atoms in total. The van der Waals surface area contributed by atoms with Crippen molar-refractivity contribution in [1.82, 2.24) is 10.6 Å². The number of aliphatic hydroxyl groups excluding tert-OH is 1. The third-order valence-corrected chi connectivity index (χ3v) is 3.65. The summed E-state index contributed by atoms with van der Waals surface area (Å²) in [6, 6.07) is 7.66. The van der Waals surface area contributed by atoms with E-state index in [4.69, 9.17) is 16.3 Å². The maximum absolute atomic E-state index is 11.0. The lowest BCUT2D eigenvalue weighted by Gasteiger charge is -2.24. The van der Waals surface area contributed by atoms with Gasteiger partial charge in [-0.05, 0) is 24.1 Å². The van der Waals surface area contributed by atoms with Crippen molar-refractivity contribution in [2.24, 2.45) is 0 Å². The second kappa shape index (κ2) is 8.34. The summed E-state index contributed by atoms with van der Waals surface area (Å²) in [4.78, 5) is 11.0. The van der Waals surface area contributed by atoms with Gasteiger partial charge in [0.1, 0.15) is 0 Å². The normalized spacial score (nSPS) is 20.1. The molecule has 1 aromatic carbocycles. The van der Waals surface area contributed by atoms with Gasteiger partial charge >= 0.3 is 0 Å². The van der Waals surface area contributed by atoms with Crippen molar-refractivity contribution >= 4 is 17.5 Å². The number of hydrogen-bond donors (Lipinski definition) is 3. The molecule has 1 aromatic rings. The summed E-state index contributed by atoms with van der Waals surface area (Å²) in [5.74, 6) is 0.0971. The van der Waals surface area contributed by atoms with Crippen LogP contribution in [0, 0.1) is 0 Å². The van der Waals surface area contributed by atoms with Crippen molar-refractivity contribution in [2.75, 3.05) is 19.7 Å². The maximum atomic E-state index is 11.0. The fraction of sp³-hybridized carbons (Fsp3) is 0.533. The van der Waals surface area contributed by atoms with E-state index in [9.17, 15) is 9.90 Å². The van der Waals surface area contributed by atoms with Crippen molar-refractivity contribution in [2.45, 2.75) is 31.6 Å². The minimum absolute atomic E-state index is 0.0971. The Hall–Kier alpha value is -1.14. The van der Waals surface area contributed by atoms with Crippen molar-refractivity contribution in [3.8, 4) is 0 Å². The third kappa shape index (κ3) is 6.01. The number of ether oxygens (including phenoxy) is 1. The summed E-state index contributed by atoms with van der Waals surface area (Å²) in [6.45, 7) is 1.81. The predicted molar refractivity (Wildman–Crippen MR) is 81.1 cm³/mol. The Bertz CT molecular complexity index is 443. The lowest BCUT2D eigenvalue weighted by molar-refractivity contribution is -0.122. The van der Waals surface area contributed by atoms with E-state index in [-0.39, 0.29) is 18.6 Å². The first-order chi connectivity index (χ1) is 10.1. The lowest BCUT2D eigenvalue weighted by Crippen LogP contribution is -2.48. The summed E-state index contributed by atoms with van der Waals surface area (Å²) in [6.07, 6.45) is 0.792. The molecule has 1 amide bonds. The smallest absolute Gasteiger partial charge is 0.220 e. The molecular weight excluding hydrogens is 292 g/mol. The van der Waals surface area contributed by atoms with Crippen LogP contribution in [0.3, 0.4) is 0 Å². The van der Waals surface area contributed by atoms with Crippen LogP contribution in [-0.4, -0.2) is 42.9 Å². The van der Waals surface area contributed by atoms with Crippen LogP contribution in [0.5, 0.6) is 0 Å². The summed E-state index contributed by atoms with van der Waals surface area (Å²) in [5, 5.41) is 16.6. The molecule has 0 radical (unpaired) electrons. The molecule has 0 spiro atoms. The number of amides is 1. The fourth-order valence-corrected chi connectivity index (χ4v) is 2.29. The first kappa shape index (κ1) is 16.2. The van der Waals surface area contributed by atoms with Gasteiger partial charge in [-0.25, -0.2) is 0 Å². The third-order valence-electron chi connectivity index (χ3n) is 3.40. The molecule has 2 unspecified atom stereocenters. The molecule has 2 atom stereocenters. The molecule has 1 saturated heterocycles. The Kier molecular flexibility index (Phi) is 6.45. The first-order valence-corrected chi connectivity index (χ1v) is 7.51. The number of nitrogens with one attached hydrogen (secondary N) is 2. The highest BCUT2D eigenvalue weighted by molar-refractivity contribution is 6.30. The molecule has 0 aliphatic carbocycles. The van der Waals surface area contributed by atoms with Crippen LogP contribution in [0.25, 0.3) is 0 Å². The minimum atomic E-state index is -0.560. The van der Waals surface area contributed by atoms with Crippen molar-refractivity contribution < 1.29 is 14.6 Å². The van der Waals surface area contributed by atoms with Crippen LogP contribution in [0.2, 0.25) is 5.02 Å². The van der Waals surface area contributed by atoms with Crippen molar-refractivity contribution in [3.05, 3.63) is 34.9 Å². The van der Waals surface area contributed by atoms with Crippen LogP contribution >= 0.6 is 11.6 Å². The average Bonchev–Trinajstić information content (AvgIpc) is 2.49. The van der Waals surface area contributed by atoms with Gasteiger partial charge in [-0.1, -0.05) is 23.7 Å². The van der Waals surface area contributed by atoms with Crippen molar-refractivity contribution in [3.63, 3.8) is 0 Å². The number of carbonyl (C=O) groups excluding carboxylic acids is 1. The number of benzene rings is 1. The van der Waals surface area contributed by atoms with Gasteiger partial charge in [0.2, 0.25) is 5.91 Å². The van der Waals surface area contributed by atoms with E-state index in [1.165, 1.54) is 0 Å². The summed E-state index contributed by atoms with van der Waals surface area (Å²) in [5.41, 5.74) is 1.02. The van der Waals surface area contributed by atoms with Gasteiger partial charge in [-0.3, -0.25) is 4.79 Å². The Morgan fingerprint density at radius 2 is 2.19 bits per heavy atom. The van der Waals surface area contributed by atoms with E-state index in [1.54, 1.807) is 0 Å². The maximum Gasteiger partial charge on any atom is 0.220 e. The number of aliphatic hydroxyl groups is 1. The van der Waals surface area contributed by atoms with Gasteiger partial charge < -0.3 is 20.5 Å². The molecule has 0 saturated carbocycles. The number of piperidine rings is 1. The quantitative estimate of drug-likeness (QED) is 0.705. The second-order valence-electron chi connectivity index (χ2n) is 5.24. The summed E-state index contributed by atoms with van der Waals surface area (Å²) < 4.78 is 5.48. The van der Waals surface area contributed by atoms with E-state index >= 15 is 0 Å². The molecule has 21 heavy (non-hydrogen) atoms. The Morgan fingerprint density at radius 3 is 2.86 bits per heavy atom. The SMILES string of the molecule is O=C1CCC(NCC(O)COCc2ccc(Cl)cc2)CN1. The minimum Gasteiger partial charge on any atom is -0.389 e. The fourth-order valence-electron chi connectivity index (χ4n) is 2.16. The molecule has 1 aliphatic rings. The molecule has 116 valence electrons. The Morgan fingerprint density at radius 1 is 1.43 bits per heavy atom. The Balaban J connectivity index is 1.58. The number of halogens is 1. The van der Waals surface area contributed by atoms with Gasteiger partial charge in [-0.15, -0.1) is 0 Å². The van der Waals surface area contributed by atoms with Crippen LogP contribution < -0.4 is 10.6 Å². The first-order valence-electron chi connectivity index (χ1n) is 7.14. The zero-order valence-electron chi connectivity index (χ0n) is 11.8. The highest BCUT2D eigenvalue weighted by Gasteiger charge is 2.18. The molecule has 2 rings (SSSR count). The van der Waals surface area contributed by atoms with Gasteiger partial charge in [0.15, 0.2) is 0 Å². The highest BCUT2D eigenvalue weighted by atomic mass is 35.5. The standard InChI is InChI=1S/C15H21ClN2O3/c16-12-3-1-11(2-4-12)9-21-10-14(19)8-17-13-5-6-15(20)18-7-13/h1-4,13-14,17,19H,5-10H2,(H,18,20).